The van der Waals surface area contributed by atoms with Crippen molar-refractivity contribution < 1.29 is 4.79 Å². The average molecular weight is 431 g/mol. The van der Waals surface area contributed by atoms with Crippen LogP contribution in [0, 0.1) is 5.92 Å². The van der Waals surface area contributed by atoms with Crippen LogP contribution in [-0.2, 0) is 19.4 Å². The van der Waals surface area contributed by atoms with E-state index in [4.69, 9.17) is 9.97 Å². The first-order valence-electron chi connectivity index (χ1n) is 11.3. The first-order chi connectivity index (χ1) is 14.5. The van der Waals surface area contributed by atoms with Crippen LogP contribution < -0.4 is 10.2 Å². The molecule has 2 aliphatic rings. The molecule has 0 saturated carbocycles. The van der Waals surface area contributed by atoms with Gasteiger partial charge in [-0.3, -0.25) is 4.90 Å². The quantitative estimate of drug-likeness (QED) is 0.790. The van der Waals surface area contributed by atoms with E-state index in [2.05, 4.69) is 35.9 Å². The standard InChI is InChI=1S/C22H34N6OS/c1-5-23-22(29)28-11-9-27(10-12-28)20-19-16-7-8-26(6-2)14-17(16)30-21(19)25-18(24-20)13-15(3)4/h15H,5-14H2,1-4H3,(H,23,29). The van der Waals surface area contributed by atoms with Gasteiger partial charge in [-0.05, 0) is 31.4 Å². The maximum atomic E-state index is 12.2. The van der Waals surface area contributed by atoms with E-state index < -0.39 is 0 Å². The van der Waals surface area contributed by atoms with E-state index in [1.54, 1.807) is 0 Å². The van der Waals surface area contributed by atoms with E-state index in [-0.39, 0.29) is 6.03 Å². The number of urea groups is 1. The van der Waals surface area contributed by atoms with Crippen molar-refractivity contribution in [2.45, 2.75) is 47.1 Å². The van der Waals surface area contributed by atoms with Crippen molar-refractivity contribution in [2.75, 3.05) is 50.7 Å². The highest BCUT2D eigenvalue weighted by atomic mass is 32.1. The monoisotopic (exact) mass is 430 g/mol. The summed E-state index contributed by atoms with van der Waals surface area (Å²) in [5.74, 6) is 2.56. The Kier molecular flexibility index (Phi) is 6.43. The van der Waals surface area contributed by atoms with E-state index in [0.717, 1.165) is 75.1 Å². The predicted octanol–water partition coefficient (Wildman–Crippen LogP) is 3.12. The number of fused-ring (bicyclic) bond motifs is 3. The molecule has 0 radical (unpaired) electrons. The van der Waals surface area contributed by atoms with Gasteiger partial charge in [-0.2, -0.15) is 0 Å². The summed E-state index contributed by atoms with van der Waals surface area (Å²) in [6.07, 6.45) is 1.97. The molecule has 0 unspecified atom stereocenters. The largest absolute Gasteiger partial charge is 0.352 e. The molecular weight excluding hydrogens is 396 g/mol. The molecular formula is C22H34N6OS. The molecule has 2 aliphatic heterocycles. The Hall–Kier alpha value is -1.93. The van der Waals surface area contributed by atoms with E-state index in [1.807, 2.05) is 23.2 Å². The molecule has 4 rings (SSSR count). The third-order valence-electron chi connectivity index (χ3n) is 6.04. The summed E-state index contributed by atoms with van der Waals surface area (Å²) in [4.78, 5) is 31.7. The van der Waals surface area contributed by atoms with E-state index >= 15 is 0 Å². The highest BCUT2D eigenvalue weighted by Gasteiger charge is 2.28. The number of nitrogens with one attached hydrogen (secondary N) is 1. The number of aromatic nitrogens is 2. The Morgan fingerprint density at radius 3 is 2.57 bits per heavy atom. The lowest BCUT2D eigenvalue weighted by Gasteiger charge is -2.36. The van der Waals surface area contributed by atoms with Crippen LogP contribution in [-0.4, -0.2) is 71.6 Å². The van der Waals surface area contributed by atoms with E-state index in [0.29, 0.717) is 12.5 Å². The number of hydrogen-bond donors (Lipinski definition) is 1. The summed E-state index contributed by atoms with van der Waals surface area (Å²) in [6.45, 7) is 15.6. The van der Waals surface area contributed by atoms with Crippen LogP contribution in [0.5, 0.6) is 0 Å². The number of nitrogens with zero attached hydrogens (tertiary/aromatic N) is 5. The molecule has 0 atom stereocenters. The maximum absolute atomic E-state index is 12.2. The van der Waals surface area contributed by atoms with Gasteiger partial charge in [0.05, 0.1) is 5.39 Å². The smallest absolute Gasteiger partial charge is 0.317 e. The number of thiophene rings is 1. The lowest BCUT2D eigenvalue weighted by atomic mass is 10.0. The number of anilines is 1. The zero-order valence-corrected chi connectivity index (χ0v) is 19.5. The van der Waals surface area contributed by atoms with Gasteiger partial charge in [-0.15, -0.1) is 11.3 Å². The zero-order valence-electron chi connectivity index (χ0n) is 18.7. The first-order valence-corrected chi connectivity index (χ1v) is 12.1. The molecule has 1 N–H and O–H groups in total. The van der Waals surface area contributed by atoms with Crippen molar-refractivity contribution in [3.63, 3.8) is 0 Å². The summed E-state index contributed by atoms with van der Waals surface area (Å²) in [5, 5.41) is 4.18. The van der Waals surface area contributed by atoms with Crippen molar-refractivity contribution in [1.29, 1.82) is 0 Å². The number of hydrogen-bond acceptors (Lipinski definition) is 6. The Morgan fingerprint density at radius 2 is 1.90 bits per heavy atom. The summed E-state index contributed by atoms with van der Waals surface area (Å²) in [7, 11) is 0. The van der Waals surface area contributed by atoms with Crippen LogP contribution in [0.2, 0.25) is 0 Å². The van der Waals surface area contributed by atoms with Gasteiger partial charge in [0.25, 0.3) is 0 Å². The molecule has 0 spiro atoms. The highest BCUT2D eigenvalue weighted by molar-refractivity contribution is 7.19. The van der Waals surface area contributed by atoms with Crippen LogP contribution in [0.25, 0.3) is 10.2 Å². The molecule has 0 aromatic carbocycles. The summed E-state index contributed by atoms with van der Waals surface area (Å²) in [5.41, 5.74) is 1.46. The molecule has 164 valence electrons. The molecule has 0 bridgehead atoms. The fourth-order valence-electron chi connectivity index (χ4n) is 4.41. The maximum Gasteiger partial charge on any atom is 0.317 e. The third-order valence-corrected chi connectivity index (χ3v) is 7.15. The minimum Gasteiger partial charge on any atom is -0.352 e. The zero-order chi connectivity index (χ0) is 21.3. The SMILES string of the molecule is CCNC(=O)N1CCN(c2nc(CC(C)C)nc3sc4c(c23)CCN(CC)C4)CC1. The van der Waals surface area contributed by atoms with Gasteiger partial charge in [0.15, 0.2) is 0 Å². The van der Waals surface area contributed by atoms with Gasteiger partial charge in [0.1, 0.15) is 16.5 Å². The molecule has 2 aromatic rings. The van der Waals surface area contributed by atoms with Crippen molar-refractivity contribution in [3.8, 4) is 0 Å². The molecule has 4 heterocycles. The number of rotatable bonds is 5. The number of carbonyl (C=O) groups excluding carboxylic acids is 1. The molecule has 8 heteroatoms. The van der Waals surface area contributed by atoms with Crippen molar-refractivity contribution in [2.24, 2.45) is 5.92 Å². The van der Waals surface area contributed by atoms with Crippen LogP contribution in [0.1, 0.15) is 44.0 Å². The van der Waals surface area contributed by atoms with Crippen molar-refractivity contribution >= 4 is 33.4 Å². The van der Waals surface area contributed by atoms with Crippen molar-refractivity contribution in [3.05, 3.63) is 16.3 Å². The molecule has 0 aliphatic carbocycles. The number of carbonyl (C=O) groups is 1. The van der Waals surface area contributed by atoms with Gasteiger partial charge in [0.2, 0.25) is 0 Å². The summed E-state index contributed by atoms with van der Waals surface area (Å²) < 4.78 is 0. The molecule has 2 amide bonds. The van der Waals surface area contributed by atoms with E-state index in [9.17, 15) is 4.79 Å². The van der Waals surface area contributed by atoms with Crippen LogP contribution in [0.4, 0.5) is 10.6 Å². The number of likely N-dealkylation sites (N-methyl/N-ethyl adjacent to an activating group) is 1. The summed E-state index contributed by atoms with van der Waals surface area (Å²) in [6, 6.07) is 0.0399. The van der Waals surface area contributed by atoms with Gasteiger partial charge in [-0.1, -0.05) is 20.8 Å². The molecule has 30 heavy (non-hydrogen) atoms. The Bertz CT molecular complexity index is 903. The van der Waals surface area contributed by atoms with Crippen molar-refractivity contribution in [1.82, 2.24) is 25.1 Å². The fraction of sp³-hybridized carbons (Fsp3) is 0.682. The average Bonchev–Trinajstić information content (AvgIpc) is 3.10. The lowest BCUT2D eigenvalue weighted by Crippen LogP contribution is -2.52. The molecule has 7 nitrogen and oxygen atoms in total. The van der Waals surface area contributed by atoms with Gasteiger partial charge >= 0.3 is 6.03 Å². The topological polar surface area (TPSA) is 64.6 Å². The number of amides is 2. The minimum absolute atomic E-state index is 0.0399. The Labute approximate surface area is 183 Å². The Balaban J connectivity index is 1.67. The van der Waals surface area contributed by atoms with Gasteiger partial charge < -0.3 is 15.1 Å². The van der Waals surface area contributed by atoms with E-state index in [1.165, 1.54) is 15.8 Å². The lowest BCUT2D eigenvalue weighted by molar-refractivity contribution is 0.195. The van der Waals surface area contributed by atoms with Gasteiger partial charge in [-0.25, -0.2) is 14.8 Å². The second-order valence-corrected chi connectivity index (χ2v) is 9.76. The Morgan fingerprint density at radius 1 is 1.13 bits per heavy atom. The summed E-state index contributed by atoms with van der Waals surface area (Å²) >= 11 is 1.86. The minimum atomic E-state index is 0.0399. The first kappa shape index (κ1) is 21.3. The van der Waals surface area contributed by atoms with Gasteiger partial charge in [0, 0.05) is 57.1 Å². The van der Waals surface area contributed by atoms with Crippen LogP contribution in [0.3, 0.4) is 0 Å². The van der Waals surface area contributed by atoms with Crippen LogP contribution >= 0.6 is 11.3 Å². The second kappa shape index (κ2) is 9.06. The normalized spacial score (nSPS) is 17.6. The van der Waals surface area contributed by atoms with Crippen LogP contribution in [0.15, 0.2) is 0 Å². The predicted molar refractivity (Wildman–Crippen MR) is 123 cm³/mol. The highest BCUT2D eigenvalue weighted by Crippen LogP contribution is 2.39. The molecule has 1 saturated heterocycles. The molecule has 2 aromatic heterocycles. The third kappa shape index (κ3) is 4.25. The fourth-order valence-corrected chi connectivity index (χ4v) is 5.69. The molecule has 1 fully saturated rings. The number of piperazine rings is 1. The second-order valence-electron chi connectivity index (χ2n) is 8.67.